The molecule has 1 N–H and O–H groups in total. The number of nitrogens with zero attached hydrogens (tertiary/aromatic N) is 2. The predicted octanol–water partition coefficient (Wildman–Crippen LogP) is 1.97. The fourth-order valence-corrected chi connectivity index (χ4v) is 6.34. The van der Waals surface area contributed by atoms with Crippen molar-refractivity contribution in [3.05, 3.63) is 59.9 Å². The van der Waals surface area contributed by atoms with Gasteiger partial charge in [-0.1, -0.05) is 37.6 Å². The topological polar surface area (TPSA) is 104 Å². The van der Waals surface area contributed by atoms with Gasteiger partial charge in [-0.25, -0.2) is 21.2 Å². The number of carbonyl (C=O) groups is 1. The first kappa shape index (κ1) is 25.3. The number of rotatable bonds is 7. The number of nitrogens with one attached hydrogen (secondary N) is 1. The lowest BCUT2D eigenvalue weighted by molar-refractivity contribution is -0.135. The van der Waals surface area contributed by atoms with Crippen LogP contribution >= 0.6 is 0 Å². The van der Waals surface area contributed by atoms with Gasteiger partial charge in [0.05, 0.1) is 9.79 Å². The fourth-order valence-electron chi connectivity index (χ4n) is 3.55. The summed E-state index contributed by atoms with van der Waals surface area (Å²) in [5.74, 6) is -1.39. The van der Waals surface area contributed by atoms with Crippen LogP contribution in [0.4, 0.5) is 4.39 Å². The Hall–Kier alpha value is -2.34. The Kier molecular flexibility index (Phi) is 7.57. The molecule has 0 radical (unpaired) electrons. The van der Waals surface area contributed by atoms with Crippen molar-refractivity contribution in [3.63, 3.8) is 0 Å². The number of carbonyl (C=O) groups excluding carboxylic acids is 1. The number of halogens is 1. The maximum atomic E-state index is 13.5. The molecule has 11 heteroatoms. The number of sulfonamides is 2. The molecule has 0 unspecified atom stereocenters. The lowest BCUT2D eigenvalue weighted by Gasteiger charge is -2.36. The molecule has 1 fully saturated rings. The number of hydrogen-bond acceptors (Lipinski definition) is 5. The summed E-state index contributed by atoms with van der Waals surface area (Å²) in [5, 5.41) is 0. The Labute approximate surface area is 194 Å². The van der Waals surface area contributed by atoms with Crippen molar-refractivity contribution < 1.29 is 26.0 Å². The molecule has 0 bridgehead atoms. The normalized spacial score (nSPS) is 16.7. The minimum absolute atomic E-state index is 0.0279. The molecule has 0 saturated carbocycles. The maximum Gasteiger partial charge on any atom is 0.243 e. The van der Waals surface area contributed by atoms with Gasteiger partial charge in [0.25, 0.3) is 0 Å². The van der Waals surface area contributed by atoms with Crippen molar-refractivity contribution in [2.45, 2.75) is 36.6 Å². The van der Waals surface area contributed by atoms with E-state index in [0.29, 0.717) is 0 Å². The van der Waals surface area contributed by atoms with Gasteiger partial charge < -0.3 is 4.90 Å². The zero-order valence-corrected chi connectivity index (χ0v) is 20.4. The van der Waals surface area contributed by atoms with E-state index in [1.54, 1.807) is 26.0 Å². The molecule has 8 nitrogen and oxygen atoms in total. The Balaban J connectivity index is 1.70. The van der Waals surface area contributed by atoms with Crippen molar-refractivity contribution in [3.8, 4) is 0 Å². The highest BCUT2D eigenvalue weighted by Gasteiger charge is 2.35. The minimum atomic E-state index is -3.92. The van der Waals surface area contributed by atoms with Crippen molar-refractivity contribution in [1.82, 2.24) is 13.9 Å². The van der Waals surface area contributed by atoms with Gasteiger partial charge in [0.15, 0.2) is 0 Å². The molecule has 1 aliphatic rings. The largest absolute Gasteiger partial charge is 0.339 e. The molecule has 2 aromatic carbocycles. The molecule has 0 spiro atoms. The summed E-state index contributed by atoms with van der Waals surface area (Å²) in [5.41, 5.74) is 0.913. The van der Waals surface area contributed by atoms with Crippen LogP contribution < -0.4 is 4.72 Å². The lowest BCUT2D eigenvalue weighted by atomic mass is 10.0. The average molecular weight is 498 g/mol. The molecule has 1 amide bonds. The molecule has 1 aliphatic heterocycles. The third-order valence-corrected chi connectivity index (χ3v) is 8.88. The van der Waals surface area contributed by atoms with Gasteiger partial charge in [-0.3, -0.25) is 4.79 Å². The second-order valence-corrected chi connectivity index (χ2v) is 12.0. The van der Waals surface area contributed by atoms with E-state index in [-0.39, 0.29) is 41.9 Å². The second kappa shape index (κ2) is 9.88. The van der Waals surface area contributed by atoms with Crippen LogP contribution in [0.5, 0.6) is 0 Å². The van der Waals surface area contributed by atoms with Crippen LogP contribution in [-0.2, 0) is 24.8 Å². The number of hydrogen-bond donors (Lipinski definition) is 1. The van der Waals surface area contributed by atoms with Crippen molar-refractivity contribution in [2.24, 2.45) is 5.92 Å². The van der Waals surface area contributed by atoms with Crippen LogP contribution in [0.3, 0.4) is 0 Å². The monoisotopic (exact) mass is 497 g/mol. The Morgan fingerprint density at radius 3 is 2.09 bits per heavy atom. The minimum Gasteiger partial charge on any atom is -0.339 e. The molecule has 1 saturated heterocycles. The van der Waals surface area contributed by atoms with E-state index in [1.807, 2.05) is 6.92 Å². The molecule has 0 aromatic heterocycles. The zero-order valence-electron chi connectivity index (χ0n) is 18.7. The highest BCUT2D eigenvalue weighted by molar-refractivity contribution is 7.89. The first-order valence-electron chi connectivity index (χ1n) is 10.6. The molecular formula is C22H28FN3O5S2. The number of aryl methyl sites for hydroxylation is 1. The summed E-state index contributed by atoms with van der Waals surface area (Å²) in [4.78, 5) is 14.5. The van der Waals surface area contributed by atoms with Crippen molar-refractivity contribution in [2.75, 3.05) is 26.2 Å². The molecular weight excluding hydrogens is 469 g/mol. The third kappa shape index (κ3) is 5.78. The van der Waals surface area contributed by atoms with E-state index in [0.717, 1.165) is 11.6 Å². The summed E-state index contributed by atoms with van der Waals surface area (Å²) in [6, 6.07) is 10.1. The quantitative estimate of drug-likeness (QED) is 0.630. The molecule has 3 rings (SSSR count). The van der Waals surface area contributed by atoms with Crippen LogP contribution in [0.2, 0.25) is 0 Å². The average Bonchev–Trinajstić information content (AvgIpc) is 2.77. The lowest BCUT2D eigenvalue weighted by Crippen LogP contribution is -2.57. The van der Waals surface area contributed by atoms with Gasteiger partial charge in [0.1, 0.15) is 11.9 Å². The van der Waals surface area contributed by atoms with E-state index < -0.39 is 37.8 Å². The summed E-state index contributed by atoms with van der Waals surface area (Å²) >= 11 is 0. The van der Waals surface area contributed by atoms with Crippen LogP contribution in [0, 0.1) is 18.7 Å². The van der Waals surface area contributed by atoms with Crippen LogP contribution in [-0.4, -0.2) is 64.2 Å². The van der Waals surface area contributed by atoms with E-state index in [2.05, 4.69) is 4.72 Å². The van der Waals surface area contributed by atoms with Gasteiger partial charge in [-0.2, -0.15) is 9.03 Å². The highest BCUT2D eigenvalue weighted by Crippen LogP contribution is 2.20. The standard InChI is InChI=1S/C22H28FN3O5S2/c1-16(2)21(24-32(28,29)19-9-7-17(3)8-10-19)22(27)25-11-13-26(14-12-25)33(30,31)20-6-4-5-18(23)15-20/h4-10,15-16,21,24H,11-14H2,1-3H3/t21-/m1/s1. The highest BCUT2D eigenvalue weighted by atomic mass is 32.2. The Bertz CT molecular complexity index is 1210. The zero-order chi connectivity index (χ0) is 24.4. The van der Waals surface area contributed by atoms with Gasteiger partial charge in [0.2, 0.25) is 26.0 Å². The molecule has 1 atom stereocenters. The predicted molar refractivity (Wildman–Crippen MR) is 122 cm³/mol. The second-order valence-electron chi connectivity index (χ2n) is 8.34. The summed E-state index contributed by atoms with van der Waals surface area (Å²) in [7, 11) is -7.81. The van der Waals surface area contributed by atoms with Crippen LogP contribution in [0.1, 0.15) is 19.4 Å². The number of benzene rings is 2. The van der Waals surface area contributed by atoms with Crippen LogP contribution in [0.15, 0.2) is 58.3 Å². The fraction of sp³-hybridized carbons (Fsp3) is 0.409. The molecule has 180 valence electrons. The van der Waals surface area contributed by atoms with Gasteiger partial charge >= 0.3 is 0 Å². The summed E-state index contributed by atoms with van der Waals surface area (Å²) in [6.45, 7) is 5.58. The smallest absolute Gasteiger partial charge is 0.243 e. The number of piperazine rings is 1. The van der Waals surface area contributed by atoms with Crippen molar-refractivity contribution in [1.29, 1.82) is 0 Å². The maximum absolute atomic E-state index is 13.5. The molecule has 2 aromatic rings. The summed E-state index contributed by atoms with van der Waals surface area (Å²) < 4.78 is 68.4. The number of amides is 1. The third-order valence-electron chi connectivity index (χ3n) is 5.53. The molecule has 33 heavy (non-hydrogen) atoms. The van der Waals surface area contributed by atoms with E-state index in [9.17, 15) is 26.0 Å². The molecule has 1 heterocycles. The Morgan fingerprint density at radius 2 is 1.55 bits per heavy atom. The molecule has 0 aliphatic carbocycles. The van der Waals surface area contributed by atoms with E-state index >= 15 is 0 Å². The van der Waals surface area contributed by atoms with Crippen LogP contribution in [0.25, 0.3) is 0 Å². The van der Waals surface area contributed by atoms with Crippen molar-refractivity contribution >= 4 is 26.0 Å². The first-order chi connectivity index (χ1) is 15.4. The van der Waals surface area contributed by atoms with E-state index in [1.165, 1.54) is 39.5 Å². The van der Waals surface area contributed by atoms with Gasteiger partial charge in [-0.15, -0.1) is 0 Å². The summed E-state index contributed by atoms with van der Waals surface area (Å²) in [6.07, 6.45) is 0. The SMILES string of the molecule is Cc1ccc(S(=O)(=O)N[C@@H](C(=O)N2CCN(S(=O)(=O)c3cccc(F)c3)CC2)C(C)C)cc1. The van der Waals surface area contributed by atoms with Gasteiger partial charge in [-0.05, 0) is 43.2 Å². The first-order valence-corrected chi connectivity index (χ1v) is 13.5. The van der Waals surface area contributed by atoms with Gasteiger partial charge in [0, 0.05) is 26.2 Å². The van der Waals surface area contributed by atoms with E-state index in [4.69, 9.17) is 0 Å². The Morgan fingerprint density at radius 1 is 0.939 bits per heavy atom.